The van der Waals surface area contributed by atoms with Crippen LogP contribution >= 0.6 is 34.8 Å². The van der Waals surface area contributed by atoms with E-state index in [1.165, 1.54) is 0 Å². The standard InChI is InChI=1S/C18H13Cl3NO2/c19-18(20,21)24-17(23)16-11-10-14-8-4-5-9-15(14)22(16)12-13-6-2-1-3-7-13/h1-11H,12H2/q+1. The van der Waals surface area contributed by atoms with Crippen molar-refractivity contribution in [2.24, 2.45) is 0 Å². The molecule has 2 aromatic carbocycles. The number of esters is 1. The molecule has 0 saturated carbocycles. The van der Waals surface area contributed by atoms with Crippen LogP contribution in [0.5, 0.6) is 0 Å². The highest BCUT2D eigenvalue weighted by Gasteiger charge is 2.31. The van der Waals surface area contributed by atoms with Gasteiger partial charge in [-0.25, -0.2) is 4.79 Å². The Hall–Kier alpha value is -1.81. The van der Waals surface area contributed by atoms with Gasteiger partial charge >= 0.3 is 9.95 Å². The van der Waals surface area contributed by atoms with Gasteiger partial charge in [-0.1, -0.05) is 42.5 Å². The van der Waals surface area contributed by atoms with Gasteiger partial charge in [0.05, 0.1) is 0 Å². The van der Waals surface area contributed by atoms with Crippen LogP contribution in [0, 0.1) is 0 Å². The van der Waals surface area contributed by atoms with Crippen molar-refractivity contribution < 1.29 is 14.1 Å². The summed E-state index contributed by atoms with van der Waals surface area (Å²) in [6.07, 6.45) is 0. The first-order chi connectivity index (χ1) is 11.4. The molecule has 122 valence electrons. The zero-order valence-corrected chi connectivity index (χ0v) is 14.7. The lowest BCUT2D eigenvalue weighted by Gasteiger charge is -2.12. The van der Waals surface area contributed by atoms with Gasteiger partial charge in [0.2, 0.25) is 5.52 Å². The second-order valence-corrected chi connectivity index (χ2v) is 7.36. The van der Waals surface area contributed by atoms with E-state index in [0.717, 1.165) is 16.5 Å². The van der Waals surface area contributed by atoms with Crippen LogP contribution in [0.25, 0.3) is 10.9 Å². The van der Waals surface area contributed by atoms with Crippen LogP contribution in [0.15, 0.2) is 66.7 Å². The number of para-hydroxylation sites is 1. The number of ether oxygens (including phenoxy) is 1. The molecule has 3 rings (SSSR count). The van der Waals surface area contributed by atoms with E-state index in [2.05, 4.69) is 0 Å². The Bertz CT molecular complexity index is 876. The third-order valence-corrected chi connectivity index (χ3v) is 3.77. The molecule has 0 atom stereocenters. The van der Waals surface area contributed by atoms with Crippen molar-refractivity contribution in [3.8, 4) is 0 Å². The molecule has 0 bridgehead atoms. The molecule has 0 fully saturated rings. The smallest absolute Gasteiger partial charge is 0.406 e. The average Bonchev–Trinajstić information content (AvgIpc) is 2.54. The third kappa shape index (κ3) is 3.99. The molecular formula is C18H13Cl3NO2+. The quantitative estimate of drug-likeness (QED) is 0.375. The Morgan fingerprint density at radius 1 is 0.917 bits per heavy atom. The number of pyridine rings is 1. The van der Waals surface area contributed by atoms with Crippen molar-refractivity contribution in [1.29, 1.82) is 0 Å². The third-order valence-electron chi connectivity index (χ3n) is 3.54. The van der Waals surface area contributed by atoms with Crippen molar-refractivity contribution in [3.63, 3.8) is 0 Å². The Morgan fingerprint density at radius 3 is 2.29 bits per heavy atom. The first-order valence-corrected chi connectivity index (χ1v) is 8.33. The molecule has 0 radical (unpaired) electrons. The molecule has 3 aromatic rings. The van der Waals surface area contributed by atoms with Crippen LogP contribution in [0.1, 0.15) is 16.1 Å². The van der Waals surface area contributed by atoms with E-state index >= 15 is 0 Å². The van der Waals surface area contributed by atoms with Crippen molar-refractivity contribution >= 4 is 51.7 Å². The van der Waals surface area contributed by atoms with Crippen LogP contribution in [-0.4, -0.2) is 9.95 Å². The molecule has 1 heterocycles. The van der Waals surface area contributed by atoms with Crippen molar-refractivity contribution in [2.45, 2.75) is 10.5 Å². The highest BCUT2D eigenvalue weighted by atomic mass is 35.6. The monoisotopic (exact) mass is 380 g/mol. The van der Waals surface area contributed by atoms with E-state index in [4.69, 9.17) is 39.5 Å². The Morgan fingerprint density at radius 2 is 1.58 bits per heavy atom. The summed E-state index contributed by atoms with van der Waals surface area (Å²) in [6, 6.07) is 21.1. The van der Waals surface area contributed by atoms with E-state index in [9.17, 15) is 4.79 Å². The minimum Gasteiger partial charge on any atom is -0.406 e. The van der Waals surface area contributed by atoms with Crippen molar-refractivity contribution in [1.82, 2.24) is 0 Å². The maximum absolute atomic E-state index is 12.4. The normalized spacial score (nSPS) is 11.5. The predicted octanol–water partition coefficient (Wildman–Crippen LogP) is 4.66. The molecule has 1 aromatic heterocycles. The molecule has 0 saturated heterocycles. The number of nitrogens with zero attached hydrogens (tertiary/aromatic N) is 1. The highest BCUT2D eigenvalue weighted by Crippen LogP contribution is 2.28. The molecule has 0 aliphatic heterocycles. The largest absolute Gasteiger partial charge is 0.407 e. The van der Waals surface area contributed by atoms with Crippen LogP contribution in [-0.2, 0) is 11.3 Å². The number of fused-ring (bicyclic) bond motifs is 1. The first-order valence-electron chi connectivity index (χ1n) is 7.20. The van der Waals surface area contributed by atoms with Gasteiger partial charge in [0.1, 0.15) is 0 Å². The van der Waals surface area contributed by atoms with Gasteiger partial charge in [-0.05, 0) is 46.9 Å². The van der Waals surface area contributed by atoms with Crippen molar-refractivity contribution in [2.75, 3.05) is 0 Å². The summed E-state index contributed by atoms with van der Waals surface area (Å²) < 4.78 is 4.63. The molecule has 0 aliphatic rings. The van der Waals surface area contributed by atoms with Crippen molar-refractivity contribution in [3.05, 3.63) is 78.0 Å². The Labute approximate surface area is 154 Å². The fourth-order valence-electron chi connectivity index (χ4n) is 2.53. The number of carbonyl (C=O) groups is 1. The SMILES string of the molecule is O=C(OC(Cl)(Cl)Cl)c1ccc2ccccc2[n+]1Cc1ccccc1. The number of halogens is 3. The van der Waals surface area contributed by atoms with E-state index in [-0.39, 0.29) is 0 Å². The summed E-state index contributed by atoms with van der Waals surface area (Å²) in [4.78, 5) is 12.4. The molecule has 6 heteroatoms. The number of carbonyl (C=O) groups excluding carboxylic acids is 1. The zero-order valence-electron chi connectivity index (χ0n) is 12.5. The molecule has 0 aliphatic carbocycles. The molecule has 0 spiro atoms. The lowest BCUT2D eigenvalue weighted by atomic mass is 10.1. The van der Waals surface area contributed by atoms with Gasteiger partial charge in [0.15, 0.2) is 6.54 Å². The summed E-state index contributed by atoms with van der Waals surface area (Å²) in [6.45, 7) is 0.493. The van der Waals surface area contributed by atoms with Gasteiger partial charge in [-0.3, -0.25) is 0 Å². The molecular weight excluding hydrogens is 369 g/mol. The van der Waals surface area contributed by atoms with Crippen LogP contribution in [0.3, 0.4) is 0 Å². The summed E-state index contributed by atoms with van der Waals surface area (Å²) >= 11 is 16.8. The fourth-order valence-corrected chi connectivity index (χ4v) is 2.74. The topological polar surface area (TPSA) is 30.2 Å². The van der Waals surface area contributed by atoms with Gasteiger partial charge < -0.3 is 4.74 Å². The summed E-state index contributed by atoms with van der Waals surface area (Å²) in [5.41, 5.74) is 2.24. The van der Waals surface area contributed by atoms with Crippen LogP contribution in [0.2, 0.25) is 0 Å². The number of rotatable bonds is 3. The fraction of sp³-hybridized carbons (Fsp3) is 0.111. The number of aromatic nitrogens is 1. The maximum Gasteiger partial charge on any atom is 0.407 e. The summed E-state index contributed by atoms with van der Waals surface area (Å²) in [5.74, 6) is -0.698. The Balaban J connectivity index is 2.11. The van der Waals surface area contributed by atoms with E-state index < -0.39 is 9.95 Å². The predicted molar refractivity (Wildman–Crippen MR) is 95.4 cm³/mol. The lowest BCUT2D eigenvalue weighted by Crippen LogP contribution is -2.43. The summed E-state index contributed by atoms with van der Waals surface area (Å²) in [7, 11) is 0. The minimum absolute atomic E-state index is 0.309. The average molecular weight is 382 g/mol. The maximum atomic E-state index is 12.4. The van der Waals surface area contributed by atoms with Crippen LogP contribution < -0.4 is 4.57 Å². The zero-order chi connectivity index (χ0) is 17.2. The van der Waals surface area contributed by atoms with Crippen LogP contribution in [0.4, 0.5) is 0 Å². The molecule has 24 heavy (non-hydrogen) atoms. The number of benzene rings is 2. The molecule has 0 N–H and O–H groups in total. The number of hydrogen-bond donors (Lipinski definition) is 0. The van der Waals surface area contributed by atoms with E-state index in [1.807, 2.05) is 65.2 Å². The van der Waals surface area contributed by atoms with Gasteiger partial charge in [0, 0.05) is 23.1 Å². The van der Waals surface area contributed by atoms with E-state index in [1.54, 1.807) is 6.07 Å². The highest BCUT2D eigenvalue weighted by molar-refractivity contribution is 6.66. The second-order valence-electron chi connectivity index (χ2n) is 5.18. The van der Waals surface area contributed by atoms with Gasteiger partial charge in [-0.15, -0.1) is 0 Å². The second kappa shape index (κ2) is 6.98. The number of hydrogen-bond acceptors (Lipinski definition) is 2. The summed E-state index contributed by atoms with van der Waals surface area (Å²) in [5, 5.41) is 0.999. The first kappa shape index (κ1) is 17.0. The van der Waals surface area contributed by atoms with E-state index in [0.29, 0.717) is 12.2 Å². The minimum atomic E-state index is -2.10. The van der Waals surface area contributed by atoms with Gasteiger partial charge in [-0.2, -0.15) is 4.57 Å². The molecule has 0 amide bonds. The molecule has 3 nitrogen and oxygen atoms in total. The Kier molecular flexibility index (Phi) is 4.95. The molecule has 0 unspecified atom stereocenters. The lowest BCUT2D eigenvalue weighted by molar-refractivity contribution is -0.665. The number of alkyl halides is 3. The van der Waals surface area contributed by atoms with Gasteiger partial charge in [0.25, 0.3) is 5.69 Å².